The summed E-state index contributed by atoms with van der Waals surface area (Å²) < 4.78 is 15.2. The summed E-state index contributed by atoms with van der Waals surface area (Å²) in [7, 11) is 0. The smallest absolute Gasteiger partial charge is 0.411 e. The van der Waals surface area contributed by atoms with Crippen molar-refractivity contribution in [2.45, 2.75) is 55.6 Å². The molecule has 2 aliphatic rings. The van der Waals surface area contributed by atoms with E-state index in [1.807, 2.05) is 13.0 Å². The minimum Gasteiger partial charge on any atom is -0.490 e. The van der Waals surface area contributed by atoms with Crippen LogP contribution in [-0.2, 0) is 14.3 Å². The highest BCUT2D eigenvalue weighted by Crippen LogP contribution is 2.43. The molecular weight excluding hydrogens is 642 g/mol. The Kier molecular flexibility index (Phi) is 10.0. The highest BCUT2D eigenvalue weighted by Gasteiger charge is 2.51. The summed E-state index contributed by atoms with van der Waals surface area (Å²) in [5, 5.41) is 11.0. The number of carboxylic acid groups (broad SMARTS) is 1. The fourth-order valence-electron chi connectivity index (χ4n) is 5.15. The molecule has 232 valence electrons. The zero-order valence-electron chi connectivity index (χ0n) is 24.0. The molecular formula is C30H32Cl4N2O7. The van der Waals surface area contributed by atoms with Gasteiger partial charge >= 0.3 is 12.1 Å². The lowest BCUT2D eigenvalue weighted by molar-refractivity contribution is -0.137. The van der Waals surface area contributed by atoms with Crippen molar-refractivity contribution in [2.75, 3.05) is 26.3 Å². The van der Waals surface area contributed by atoms with Gasteiger partial charge in [-0.05, 0) is 74.2 Å². The standard InChI is InChI=1S/C30H32Cl4N2O7/c1-17-13-20(31)7-10-25(17)42-12-11-41-22-8-5-19(6-9-22)23-14-21-15-35(18(2)37)16-24(26(23)27(38)39)36(21)28(40)43-29(3,4)30(32,33)34/h5-10,13,21,24H,11-12,14-16H2,1-4H3,(H,38,39). The number of carbonyl (C=O) groups is 3. The highest BCUT2D eigenvalue weighted by atomic mass is 35.6. The second-order valence-electron chi connectivity index (χ2n) is 10.9. The number of amides is 2. The molecule has 1 saturated heterocycles. The van der Waals surface area contributed by atoms with Crippen LogP contribution in [0.2, 0.25) is 5.02 Å². The number of hydrogen-bond acceptors (Lipinski definition) is 6. The van der Waals surface area contributed by atoms with Crippen LogP contribution in [0.1, 0.15) is 38.3 Å². The van der Waals surface area contributed by atoms with Gasteiger partial charge in [0.15, 0.2) is 5.60 Å². The largest absolute Gasteiger partial charge is 0.490 e. The molecule has 4 rings (SSSR count). The molecule has 2 aromatic rings. The van der Waals surface area contributed by atoms with Crippen LogP contribution < -0.4 is 9.47 Å². The number of benzene rings is 2. The SMILES string of the molecule is CC(=O)N1CC2CC(c3ccc(OCCOc4ccc(Cl)cc4C)cc3)=C(C(=O)O)C(C1)N2C(=O)OC(C)(C)C(Cl)(Cl)Cl. The number of nitrogens with zero attached hydrogens (tertiary/aromatic N) is 2. The first-order chi connectivity index (χ1) is 20.1. The van der Waals surface area contributed by atoms with Crippen LogP contribution in [-0.4, -0.2) is 80.7 Å². The van der Waals surface area contributed by atoms with Crippen molar-refractivity contribution < 1.29 is 33.7 Å². The molecule has 13 heteroatoms. The molecule has 0 aliphatic carbocycles. The van der Waals surface area contributed by atoms with Gasteiger partial charge in [0.05, 0.1) is 17.7 Å². The van der Waals surface area contributed by atoms with E-state index in [2.05, 4.69) is 0 Å². The average Bonchev–Trinajstić information content (AvgIpc) is 2.90. The maximum atomic E-state index is 13.4. The van der Waals surface area contributed by atoms with E-state index in [0.29, 0.717) is 28.5 Å². The first kappa shape index (κ1) is 33.1. The van der Waals surface area contributed by atoms with Gasteiger partial charge in [-0.2, -0.15) is 0 Å². The number of aryl methyl sites for hydroxylation is 1. The van der Waals surface area contributed by atoms with E-state index in [-0.39, 0.29) is 37.6 Å². The molecule has 2 aromatic carbocycles. The van der Waals surface area contributed by atoms with Crippen molar-refractivity contribution in [3.8, 4) is 11.5 Å². The van der Waals surface area contributed by atoms with Crippen molar-refractivity contribution in [1.29, 1.82) is 0 Å². The number of rotatable bonds is 8. The Morgan fingerprint density at radius 2 is 1.65 bits per heavy atom. The van der Waals surface area contributed by atoms with E-state index >= 15 is 0 Å². The summed E-state index contributed by atoms with van der Waals surface area (Å²) in [5.41, 5.74) is 0.628. The van der Waals surface area contributed by atoms with Gasteiger partial charge < -0.3 is 24.2 Å². The Labute approximate surface area is 270 Å². The molecule has 2 heterocycles. The molecule has 43 heavy (non-hydrogen) atoms. The normalized spacial score (nSPS) is 18.8. The lowest BCUT2D eigenvalue weighted by Gasteiger charge is -2.50. The predicted octanol–water partition coefficient (Wildman–Crippen LogP) is 6.53. The molecule has 2 bridgehead atoms. The summed E-state index contributed by atoms with van der Waals surface area (Å²) in [5.74, 6) is -0.140. The van der Waals surface area contributed by atoms with Crippen molar-refractivity contribution >= 4 is 69.9 Å². The first-order valence-electron chi connectivity index (χ1n) is 13.5. The van der Waals surface area contributed by atoms with Crippen LogP contribution in [0.25, 0.3) is 5.57 Å². The average molecular weight is 674 g/mol. The lowest BCUT2D eigenvalue weighted by atomic mass is 9.82. The summed E-state index contributed by atoms with van der Waals surface area (Å²) in [4.78, 5) is 41.3. The second-order valence-corrected chi connectivity index (χ2v) is 13.6. The van der Waals surface area contributed by atoms with Crippen LogP contribution in [0.15, 0.2) is 48.0 Å². The van der Waals surface area contributed by atoms with E-state index in [4.69, 9.17) is 60.6 Å². The van der Waals surface area contributed by atoms with Gasteiger partial charge in [-0.15, -0.1) is 0 Å². The Balaban J connectivity index is 1.54. The third-order valence-corrected chi connectivity index (χ3v) is 9.11. The summed E-state index contributed by atoms with van der Waals surface area (Å²) >= 11 is 24.1. The van der Waals surface area contributed by atoms with Gasteiger partial charge in [-0.25, -0.2) is 9.59 Å². The molecule has 2 atom stereocenters. The van der Waals surface area contributed by atoms with E-state index < -0.39 is 33.5 Å². The van der Waals surface area contributed by atoms with Crippen molar-refractivity contribution in [2.24, 2.45) is 0 Å². The summed E-state index contributed by atoms with van der Waals surface area (Å²) in [6, 6.07) is 10.9. The number of carboxylic acids is 1. The van der Waals surface area contributed by atoms with Gasteiger partial charge in [0.1, 0.15) is 24.7 Å². The molecule has 2 unspecified atom stereocenters. The van der Waals surface area contributed by atoms with Crippen molar-refractivity contribution in [1.82, 2.24) is 9.80 Å². The van der Waals surface area contributed by atoms with Gasteiger partial charge in [-0.1, -0.05) is 58.5 Å². The van der Waals surface area contributed by atoms with Gasteiger partial charge in [-0.3, -0.25) is 9.69 Å². The van der Waals surface area contributed by atoms with Crippen molar-refractivity contribution in [3.63, 3.8) is 0 Å². The third-order valence-electron chi connectivity index (χ3n) is 7.51. The molecule has 9 nitrogen and oxygen atoms in total. The molecule has 0 aromatic heterocycles. The Bertz CT molecular complexity index is 1420. The van der Waals surface area contributed by atoms with Gasteiger partial charge in [0.2, 0.25) is 9.70 Å². The van der Waals surface area contributed by atoms with Gasteiger partial charge in [0.25, 0.3) is 0 Å². The molecule has 2 amide bonds. The number of ether oxygens (including phenoxy) is 3. The zero-order chi connectivity index (χ0) is 31.7. The predicted molar refractivity (Wildman–Crippen MR) is 165 cm³/mol. The number of aliphatic carboxylic acids is 1. The van der Waals surface area contributed by atoms with E-state index in [1.54, 1.807) is 36.4 Å². The Morgan fingerprint density at radius 3 is 2.23 bits per heavy atom. The highest BCUT2D eigenvalue weighted by molar-refractivity contribution is 6.68. The minimum atomic E-state index is -1.93. The molecule has 1 N–H and O–H groups in total. The Morgan fingerprint density at radius 1 is 1.00 bits per heavy atom. The summed E-state index contributed by atoms with van der Waals surface area (Å²) in [6.45, 7) is 6.99. The molecule has 1 fully saturated rings. The van der Waals surface area contributed by atoms with E-state index in [1.165, 1.54) is 30.6 Å². The maximum Gasteiger partial charge on any atom is 0.411 e. The number of carbonyl (C=O) groups excluding carboxylic acids is 2. The number of piperazine rings is 1. The quantitative estimate of drug-likeness (QED) is 0.251. The van der Waals surface area contributed by atoms with E-state index in [9.17, 15) is 19.5 Å². The third kappa shape index (κ3) is 7.45. The van der Waals surface area contributed by atoms with E-state index in [0.717, 1.165) is 11.3 Å². The van der Waals surface area contributed by atoms with Crippen LogP contribution in [0.3, 0.4) is 0 Å². The topological polar surface area (TPSA) is 106 Å². The van der Waals surface area contributed by atoms with Crippen LogP contribution in [0, 0.1) is 6.92 Å². The molecule has 0 saturated carbocycles. The number of hydrogen-bond donors (Lipinski definition) is 1. The number of fused-ring (bicyclic) bond motifs is 2. The molecule has 2 aliphatic heterocycles. The zero-order valence-corrected chi connectivity index (χ0v) is 27.1. The fourth-order valence-corrected chi connectivity index (χ4v) is 5.50. The Hall–Kier alpha value is -2.85. The van der Waals surface area contributed by atoms with Crippen molar-refractivity contribution in [3.05, 3.63) is 64.2 Å². The van der Waals surface area contributed by atoms with Crippen LogP contribution in [0.5, 0.6) is 11.5 Å². The van der Waals surface area contributed by atoms with Crippen LogP contribution in [0.4, 0.5) is 4.79 Å². The molecule has 0 spiro atoms. The second kappa shape index (κ2) is 13.0. The lowest BCUT2D eigenvalue weighted by Crippen LogP contribution is -2.65. The summed E-state index contributed by atoms with van der Waals surface area (Å²) in [6.07, 6.45) is -0.660. The first-order valence-corrected chi connectivity index (χ1v) is 15.0. The number of halogens is 4. The number of alkyl halides is 3. The maximum absolute atomic E-state index is 13.4. The molecule has 0 radical (unpaired) electrons. The monoisotopic (exact) mass is 672 g/mol. The minimum absolute atomic E-state index is 0.00811. The van der Waals surface area contributed by atoms with Crippen LogP contribution >= 0.6 is 46.4 Å². The van der Waals surface area contributed by atoms with Gasteiger partial charge in [0, 0.05) is 25.0 Å². The fraction of sp³-hybridized carbons (Fsp3) is 0.433.